The van der Waals surface area contributed by atoms with Gasteiger partial charge in [-0.05, 0) is 36.4 Å². The lowest BCUT2D eigenvalue weighted by molar-refractivity contribution is 1.12. The molecule has 7 aromatic carbocycles. The molecular formula is C46H30N4. The van der Waals surface area contributed by atoms with Gasteiger partial charge in [0.05, 0.1) is 44.8 Å². The first-order chi connectivity index (χ1) is 24.8. The van der Waals surface area contributed by atoms with Crippen LogP contribution in [0.3, 0.4) is 0 Å². The van der Waals surface area contributed by atoms with Gasteiger partial charge in [-0.3, -0.25) is 0 Å². The van der Waals surface area contributed by atoms with E-state index < -0.39 is 0 Å². The topological polar surface area (TPSA) is 35.6 Å². The first kappa shape index (κ1) is 28.3. The Morgan fingerprint density at radius 2 is 0.820 bits per heavy atom. The van der Waals surface area contributed by atoms with Crippen LogP contribution in [-0.2, 0) is 0 Å². The van der Waals surface area contributed by atoms with Crippen LogP contribution in [0.5, 0.6) is 0 Å². The number of fused-ring (bicyclic) bond motifs is 6. The molecule has 0 atom stereocenters. The molecular weight excluding hydrogens is 609 g/mol. The van der Waals surface area contributed by atoms with Crippen molar-refractivity contribution in [2.75, 3.05) is 0 Å². The van der Waals surface area contributed by atoms with Crippen LogP contribution in [0.4, 0.5) is 0 Å². The zero-order valence-electron chi connectivity index (χ0n) is 27.1. The summed E-state index contributed by atoms with van der Waals surface area (Å²) in [5.41, 5.74) is 11.7. The molecule has 4 nitrogen and oxygen atoms in total. The van der Waals surface area contributed by atoms with Crippen molar-refractivity contribution in [3.8, 4) is 45.3 Å². The summed E-state index contributed by atoms with van der Waals surface area (Å²) >= 11 is 0. The molecule has 0 spiro atoms. The maximum atomic E-state index is 5.25. The van der Waals surface area contributed by atoms with E-state index in [-0.39, 0.29) is 0 Å². The fourth-order valence-electron chi connectivity index (χ4n) is 7.56. The zero-order chi connectivity index (χ0) is 33.0. The van der Waals surface area contributed by atoms with Gasteiger partial charge in [0.15, 0.2) is 5.82 Å². The lowest BCUT2D eigenvalue weighted by Crippen LogP contribution is -2.03. The van der Waals surface area contributed by atoms with Crippen molar-refractivity contribution in [2.45, 2.75) is 0 Å². The minimum Gasteiger partial charge on any atom is -0.307 e. The molecule has 0 fully saturated rings. The van der Waals surface area contributed by atoms with E-state index in [0.29, 0.717) is 5.82 Å². The first-order valence-electron chi connectivity index (χ1n) is 16.9. The molecule has 10 rings (SSSR count). The predicted molar refractivity (Wildman–Crippen MR) is 207 cm³/mol. The van der Waals surface area contributed by atoms with Gasteiger partial charge in [0.25, 0.3) is 0 Å². The second-order valence-corrected chi connectivity index (χ2v) is 12.6. The van der Waals surface area contributed by atoms with E-state index in [9.17, 15) is 0 Å². The number of hydrogen-bond donors (Lipinski definition) is 0. The molecule has 0 aliphatic heterocycles. The first-order valence-corrected chi connectivity index (χ1v) is 16.9. The van der Waals surface area contributed by atoms with Crippen molar-refractivity contribution in [1.29, 1.82) is 0 Å². The molecule has 0 N–H and O–H groups in total. The molecule has 0 saturated heterocycles. The molecule has 0 bridgehead atoms. The van der Waals surface area contributed by atoms with Crippen LogP contribution in [0.1, 0.15) is 0 Å². The third-order valence-corrected chi connectivity index (χ3v) is 9.74. The molecule has 3 aromatic heterocycles. The van der Waals surface area contributed by atoms with Gasteiger partial charge in [-0.2, -0.15) is 0 Å². The lowest BCUT2D eigenvalue weighted by atomic mass is 10.0. The van der Waals surface area contributed by atoms with Crippen molar-refractivity contribution in [3.05, 3.63) is 182 Å². The van der Waals surface area contributed by atoms with Gasteiger partial charge in [0, 0.05) is 38.2 Å². The summed E-state index contributed by atoms with van der Waals surface area (Å²) in [6.07, 6.45) is 0. The summed E-state index contributed by atoms with van der Waals surface area (Å²) < 4.78 is 4.86. The molecule has 0 unspecified atom stereocenters. The molecule has 0 saturated carbocycles. The summed E-state index contributed by atoms with van der Waals surface area (Å²) in [7, 11) is 0. The van der Waals surface area contributed by atoms with Gasteiger partial charge in [-0.1, -0.05) is 146 Å². The van der Waals surface area contributed by atoms with Crippen LogP contribution in [0.2, 0.25) is 0 Å². The molecule has 4 heteroatoms. The third-order valence-electron chi connectivity index (χ3n) is 9.74. The standard InChI is InChI=1S/C46H30N4/c1-3-16-31(17-4-1)38-30-39(48-46(47-38)32-18-5-2-6-19-32)37-23-10-14-28-43(37)50-42-27-13-9-22-35(42)36-24-15-29-44(45(36)50)49-40-25-11-7-20-33(40)34-21-8-12-26-41(34)49/h1-30H. The Kier molecular flexibility index (Phi) is 6.46. The minimum absolute atomic E-state index is 0.699. The van der Waals surface area contributed by atoms with E-state index in [2.05, 4.69) is 167 Å². The SMILES string of the molecule is c1ccc(-c2cc(-c3ccccc3-n3c4ccccc4c4cccc(-n5c6ccccc6c6ccccc65)c43)nc(-c3ccccc3)n2)cc1. The van der Waals surface area contributed by atoms with Gasteiger partial charge in [0.1, 0.15) is 0 Å². The van der Waals surface area contributed by atoms with Crippen molar-refractivity contribution in [1.82, 2.24) is 19.1 Å². The van der Waals surface area contributed by atoms with Crippen molar-refractivity contribution in [3.63, 3.8) is 0 Å². The average Bonchev–Trinajstić information content (AvgIpc) is 3.72. The molecule has 3 heterocycles. The largest absolute Gasteiger partial charge is 0.307 e. The number of nitrogens with zero attached hydrogens (tertiary/aromatic N) is 4. The van der Waals surface area contributed by atoms with E-state index in [0.717, 1.165) is 50.5 Å². The highest BCUT2D eigenvalue weighted by atomic mass is 15.1. The number of rotatable bonds is 5. The van der Waals surface area contributed by atoms with Crippen LogP contribution < -0.4 is 0 Å². The smallest absolute Gasteiger partial charge is 0.160 e. The second kappa shape index (κ2) is 11.4. The molecule has 0 amide bonds. The highest BCUT2D eigenvalue weighted by Crippen LogP contribution is 2.41. The van der Waals surface area contributed by atoms with Gasteiger partial charge in [-0.15, -0.1) is 0 Å². The van der Waals surface area contributed by atoms with Crippen LogP contribution in [-0.4, -0.2) is 19.1 Å². The number of benzene rings is 7. The van der Waals surface area contributed by atoms with E-state index >= 15 is 0 Å². The Bertz CT molecular complexity index is 2750. The van der Waals surface area contributed by atoms with Crippen molar-refractivity contribution >= 4 is 43.6 Å². The summed E-state index contributed by atoms with van der Waals surface area (Å²) in [4.78, 5) is 10.3. The highest BCUT2D eigenvalue weighted by molar-refractivity contribution is 6.15. The molecule has 234 valence electrons. The maximum Gasteiger partial charge on any atom is 0.160 e. The van der Waals surface area contributed by atoms with Gasteiger partial charge in [-0.25, -0.2) is 9.97 Å². The fraction of sp³-hybridized carbons (Fsp3) is 0. The van der Waals surface area contributed by atoms with Gasteiger partial charge < -0.3 is 9.13 Å². The highest BCUT2D eigenvalue weighted by Gasteiger charge is 2.22. The Hall–Kier alpha value is -6.78. The normalized spacial score (nSPS) is 11.6. The Morgan fingerprint density at radius 3 is 1.50 bits per heavy atom. The summed E-state index contributed by atoms with van der Waals surface area (Å²) in [6.45, 7) is 0. The molecule has 0 aliphatic carbocycles. The average molecular weight is 639 g/mol. The van der Waals surface area contributed by atoms with Crippen LogP contribution in [0.25, 0.3) is 88.9 Å². The van der Waals surface area contributed by atoms with E-state index in [1.54, 1.807) is 0 Å². The molecule has 10 aromatic rings. The Balaban J connectivity index is 1.30. The van der Waals surface area contributed by atoms with Crippen LogP contribution >= 0.6 is 0 Å². The minimum atomic E-state index is 0.699. The monoisotopic (exact) mass is 638 g/mol. The number of hydrogen-bond acceptors (Lipinski definition) is 2. The Morgan fingerprint density at radius 1 is 0.340 bits per heavy atom. The molecule has 50 heavy (non-hydrogen) atoms. The number of para-hydroxylation sites is 5. The van der Waals surface area contributed by atoms with E-state index in [1.807, 2.05) is 24.3 Å². The summed E-state index contributed by atoms with van der Waals surface area (Å²) in [6, 6.07) is 64.2. The van der Waals surface area contributed by atoms with E-state index in [4.69, 9.17) is 9.97 Å². The predicted octanol–water partition coefficient (Wildman–Crippen LogP) is 11.7. The molecule has 0 radical (unpaired) electrons. The van der Waals surface area contributed by atoms with Gasteiger partial charge in [0.2, 0.25) is 0 Å². The van der Waals surface area contributed by atoms with Crippen LogP contribution in [0.15, 0.2) is 182 Å². The second-order valence-electron chi connectivity index (χ2n) is 12.6. The maximum absolute atomic E-state index is 5.25. The summed E-state index contributed by atoms with van der Waals surface area (Å²) in [5, 5.41) is 4.89. The molecule has 0 aliphatic rings. The fourth-order valence-corrected chi connectivity index (χ4v) is 7.56. The zero-order valence-corrected chi connectivity index (χ0v) is 27.1. The quantitative estimate of drug-likeness (QED) is 0.188. The lowest BCUT2D eigenvalue weighted by Gasteiger charge is -2.17. The van der Waals surface area contributed by atoms with Crippen molar-refractivity contribution < 1.29 is 0 Å². The Labute approximate surface area is 289 Å². The van der Waals surface area contributed by atoms with Crippen molar-refractivity contribution in [2.24, 2.45) is 0 Å². The van der Waals surface area contributed by atoms with E-state index in [1.165, 1.54) is 32.6 Å². The van der Waals surface area contributed by atoms with Crippen LogP contribution in [0, 0.1) is 0 Å². The van der Waals surface area contributed by atoms with Gasteiger partial charge >= 0.3 is 0 Å². The number of aromatic nitrogens is 4. The summed E-state index contributed by atoms with van der Waals surface area (Å²) in [5.74, 6) is 0.699. The third kappa shape index (κ3) is 4.39.